The molecule has 8 nitrogen and oxygen atoms in total. The summed E-state index contributed by atoms with van der Waals surface area (Å²) in [6.45, 7) is 8.06. The molecule has 1 aliphatic rings. The van der Waals surface area contributed by atoms with Crippen molar-refractivity contribution in [3.63, 3.8) is 0 Å². The molecule has 0 spiro atoms. The number of hydrogen-bond donors (Lipinski definition) is 2. The van der Waals surface area contributed by atoms with Crippen LogP contribution in [0.3, 0.4) is 0 Å². The second-order valence-corrected chi connectivity index (χ2v) is 6.91. The van der Waals surface area contributed by atoms with Crippen LogP contribution in [0.1, 0.15) is 13.3 Å². The average molecular weight is 398 g/mol. The first kappa shape index (κ1) is 20.7. The van der Waals surface area contributed by atoms with Crippen LogP contribution in [0.5, 0.6) is 0 Å². The Kier molecular flexibility index (Phi) is 7.91. The van der Waals surface area contributed by atoms with Crippen molar-refractivity contribution in [3.05, 3.63) is 48.9 Å². The van der Waals surface area contributed by atoms with Crippen LogP contribution in [0.25, 0.3) is 0 Å². The zero-order valence-electron chi connectivity index (χ0n) is 17.1. The SMILES string of the molecule is CCNC(=NCCC(=O)N1CCN(c2ccccn2)CC1)NCCn1cccc1. The normalized spacial score (nSPS) is 14.7. The Hall–Kier alpha value is -3.03. The van der Waals surface area contributed by atoms with E-state index in [-0.39, 0.29) is 5.91 Å². The number of nitrogens with zero attached hydrogens (tertiary/aromatic N) is 5. The highest BCUT2D eigenvalue weighted by atomic mass is 16.2. The minimum absolute atomic E-state index is 0.164. The molecule has 8 heteroatoms. The van der Waals surface area contributed by atoms with Gasteiger partial charge >= 0.3 is 0 Å². The van der Waals surface area contributed by atoms with Crippen molar-refractivity contribution >= 4 is 17.7 Å². The number of rotatable bonds is 8. The number of aromatic nitrogens is 2. The van der Waals surface area contributed by atoms with Crippen molar-refractivity contribution in [2.45, 2.75) is 19.9 Å². The lowest BCUT2D eigenvalue weighted by Crippen LogP contribution is -2.49. The minimum atomic E-state index is 0.164. The van der Waals surface area contributed by atoms with E-state index in [2.05, 4.69) is 30.1 Å². The van der Waals surface area contributed by atoms with Crippen LogP contribution in [0.2, 0.25) is 0 Å². The Morgan fingerprint density at radius 1 is 1.10 bits per heavy atom. The van der Waals surface area contributed by atoms with E-state index in [0.29, 0.717) is 13.0 Å². The van der Waals surface area contributed by atoms with E-state index >= 15 is 0 Å². The Labute approximate surface area is 172 Å². The van der Waals surface area contributed by atoms with Crippen LogP contribution in [0, 0.1) is 0 Å². The second-order valence-electron chi connectivity index (χ2n) is 6.91. The first-order chi connectivity index (χ1) is 14.3. The van der Waals surface area contributed by atoms with Crippen molar-refractivity contribution in [3.8, 4) is 0 Å². The molecule has 0 unspecified atom stereocenters. The highest BCUT2D eigenvalue weighted by Gasteiger charge is 2.21. The van der Waals surface area contributed by atoms with Gasteiger partial charge in [0.25, 0.3) is 0 Å². The molecule has 1 amide bonds. The van der Waals surface area contributed by atoms with Crippen molar-refractivity contribution in [1.29, 1.82) is 0 Å². The smallest absolute Gasteiger partial charge is 0.224 e. The van der Waals surface area contributed by atoms with Crippen LogP contribution < -0.4 is 15.5 Å². The summed E-state index contributed by atoms with van der Waals surface area (Å²) in [5.74, 6) is 1.90. The van der Waals surface area contributed by atoms with Gasteiger partial charge in [0.15, 0.2) is 5.96 Å². The Balaban J connectivity index is 1.39. The molecule has 2 aromatic heterocycles. The first-order valence-electron chi connectivity index (χ1n) is 10.3. The Morgan fingerprint density at radius 3 is 2.59 bits per heavy atom. The quantitative estimate of drug-likeness (QED) is 0.517. The monoisotopic (exact) mass is 397 g/mol. The maximum absolute atomic E-state index is 12.5. The molecule has 1 saturated heterocycles. The number of hydrogen-bond acceptors (Lipinski definition) is 4. The van der Waals surface area contributed by atoms with Gasteiger partial charge in [-0.2, -0.15) is 0 Å². The molecule has 0 radical (unpaired) electrons. The van der Waals surface area contributed by atoms with Gasteiger partial charge in [-0.1, -0.05) is 6.07 Å². The Bertz CT molecular complexity index is 753. The number of carbonyl (C=O) groups excluding carboxylic acids is 1. The van der Waals surface area contributed by atoms with Crippen LogP contribution in [0.4, 0.5) is 5.82 Å². The molecule has 1 fully saturated rings. The highest BCUT2D eigenvalue weighted by molar-refractivity contribution is 5.81. The van der Waals surface area contributed by atoms with Crippen molar-refractivity contribution in [2.75, 3.05) is 50.7 Å². The fraction of sp³-hybridized carbons (Fsp3) is 0.476. The predicted molar refractivity (Wildman–Crippen MR) is 116 cm³/mol. The van der Waals surface area contributed by atoms with Gasteiger partial charge in [-0.25, -0.2) is 4.98 Å². The van der Waals surface area contributed by atoms with E-state index < -0.39 is 0 Å². The molecule has 0 aliphatic carbocycles. The molecular weight excluding hydrogens is 366 g/mol. The second kappa shape index (κ2) is 11.1. The van der Waals surface area contributed by atoms with Gasteiger partial charge in [0.2, 0.25) is 5.91 Å². The number of amides is 1. The number of nitrogens with one attached hydrogen (secondary N) is 2. The van der Waals surface area contributed by atoms with Crippen molar-refractivity contribution in [2.24, 2.45) is 4.99 Å². The first-order valence-corrected chi connectivity index (χ1v) is 10.3. The number of guanidine groups is 1. The Morgan fingerprint density at radius 2 is 1.90 bits per heavy atom. The zero-order valence-corrected chi connectivity index (χ0v) is 17.1. The van der Waals surface area contributed by atoms with Crippen LogP contribution in [0.15, 0.2) is 53.9 Å². The third kappa shape index (κ3) is 6.51. The molecule has 2 aromatic rings. The van der Waals surface area contributed by atoms with Crippen LogP contribution in [-0.4, -0.2) is 72.1 Å². The topological polar surface area (TPSA) is 77.8 Å². The third-order valence-corrected chi connectivity index (χ3v) is 4.87. The molecule has 0 aromatic carbocycles. The summed E-state index contributed by atoms with van der Waals surface area (Å²) in [7, 11) is 0. The van der Waals surface area contributed by atoms with E-state index in [1.54, 1.807) is 6.20 Å². The number of aliphatic imine (C=N–C) groups is 1. The van der Waals surface area contributed by atoms with Gasteiger partial charge in [0.1, 0.15) is 5.82 Å². The van der Waals surface area contributed by atoms with Crippen molar-refractivity contribution < 1.29 is 4.79 Å². The summed E-state index contributed by atoms with van der Waals surface area (Å²) < 4.78 is 2.12. The maximum atomic E-state index is 12.5. The number of carbonyl (C=O) groups is 1. The summed E-state index contributed by atoms with van der Waals surface area (Å²) >= 11 is 0. The van der Waals surface area contributed by atoms with E-state index in [0.717, 1.165) is 57.6 Å². The van der Waals surface area contributed by atoms with E-state index in [1.165, 1.54) is 0 Å². The number of piperazine rings is 1. The molecule has 1 aliphatic heterocycles. The lowest BCUT2D eigenvalue weighted by Gasteiger charge is -2.35. The summed E-state index contributed by atoms with van der Waals surface area (Å²) in [6, 6.07) is 9.95. The van der Waals surface area contributed by atoms with E-state index in [4.69, 9.17) is 0 Å². The summed E-state index contributed by atoms with van der Waals surface area (Å²) in [4.78, 5) is 25.6. The molecule has 2 N–H and O–H groups in total. The lowest BCUT2D eigenvalue weighted by atomic mass is 10.2. The highest BCUT2D eigenvalue weighted by Crippen LogP contribution is 2.12. The summed E-state index contributed by atoms with van der Waals surface area (Å²) in [5, 5.41) is 6.55. The minimum Gasteiger partial charge on any atom is -0.357 e. The summed E-state index contributed by atoms with van der Waals surface area (Å²) in [6.07, 6.45) is 6.31. The lowest BCUT2D eigenvalue weighted by molar-refractivity contribution is -0.131. The molecule has 0 saturated carbocycles. The molecule has 3 rings (SSSR count). The number of anilines is 1. The molecule has 29 heavy (non-hydrogen) atoms. The summed E-state index contributed by atoms with van der Waals surface area (Å²) in [5.41, 5.74) is 0. The maximum Gasteiger partial charge on any atom is 0.224 e. The predicted octanol–water partition coefficient (Wildman–Crippen LogP) is 1.18. The zero-order chi connectivity index (χ0) is 20.3. The van der Waals surface area contributed by atoms with Gasteiger partial charge in [-0.3, -0.25) is 9.79 Å². The van der Waals surface area contributed by atoms with E-state index in [9.17, 15) is 4.79 Å². The average Bonchev–Trinajstić information content (AvgIpc) is 3.28. The van der Waals surface area contributed by atoms with Crippen molar-refractivity contribution in [1.82, 2.24) is 25.1 Å². The molecule has 3 heterocycles. The fourth-order valence-corrected chi connectivity index (χ4v) is 3.31. The van der Waals surface area contributed by atoms with Gasteiger partial charge in [0, 0.05) is 70.8 Å². The largest absolute Gasteiger partial charge is 0.357 e. The van der Waals surface area contributed by atoms with Gasteiger partial charge in [-0.15, -0.1) is 0 Å². The standard InChI is InChI=1S/C21H31N7O/c1-2-22-21(25-11-14-26-12-5-6-13-26)24-10-8-20(29)28-17-15-27(16-18-28)19-7-3-4-9-23-19/h3-7,9,12-13H,2,8,10-11,14-18H2,1H3,(H2,22,24,25). The van der Waals surface area contributed by atoms with Gasteiger partial charge < -0.3 is 25.0 Å². The fourth-order valence-electron chi connectivity index (χ4n) is 3.31. The molecule has 0 atom stereocenters. The van der Waals surface area contributed by atoms with Crippen LogP contribution in [-0.2, 0) is 11.3 Å². The molecule has 0 bridgehead atoms. The number of pyridine rings is 1. The van der Waals surface area contributed by atoms with Gasteiger partial charge in [0.05, 0.1) is 6.54 Å². The molecular formula is C21H31N7O. The molecule has 156 valence electrons. The van der Waals surface area contributed by atoms with Gasteiger partial charge in [-0.05, 0) is 31.2 Å². The van der Waals surface area contributed by atoms with Crippen LogP contribution >= 0.6 is 0 Å². The van der Waals surface area contributed by atoms with E-state index in [1.807, 2.05) is 54.5 Å². The third-order valence-electron chi connectivity index (χ3n) is 4.87.